The van der Waals surface area contributed by atoms with Crippen LogP contribution in [0.1, 0.15) is 12.8 Å². The first-order valence-corrected chi connectivity index (χ1v) is 3.54. The largest absolute Gasteiger partial charge is 0.414 e. The van der Waals surface area contributed by atoms with E-state index < -0.39 is 18.7 Å². The number of halogens is 3. The van der Waals surface area contributed by atoms with Crippen LogP contribution in [0.2, 0.25) is 0 Å². The number of carbonyl (C=O) groups excluding carboxylic acids is 1. The van der Waals surface area contributed by atoms with Gasteiger partial charge in [0, 0.05) is 13.0 Å². The molecule has 0 unspecified atom stereocenters. The molecule has 0 spiro atoms. The van der Waals surface area contributed by atoms with Gasteiger partial charge in [-0.15, -0.1) is 0 Å². The van der Waals surface area contributed by atoms with E-state index in [1.807, 2.05) is 0 Å². The summed E-state index contributed by atoms with van der Waals surface area (Å²) >= 11 is 0. The van der Waals surface area contributed by atoms with Gasteiger partial charge in [0.2, 0.25) is 5.91 Å². The number of nitrogens with one attached hydrogen (secondary N) is 1. The molecule has 0 aliphatic rings. The molecule has 7 heteroatoms. The maximum Gasteiger partial charge on any atom is 0.414 e. The first-order valence-electron chi connectivity index (χ1n) is 3.54. The summed E-state index contributed by atoms with van der Waals surface area (Å²) in [6.07, 6.45) is -4.32. The number of hydrogen-bond donors (Lipinski definition) is 2. The Morgan fingerprint density at radius 2 is 2.08 bits per heavy atom. The molecule has 0 aromatic heterocycles. The molecule has 4 nitrogen and oxygen atoms in total. The van der Waals surface area contributed by atoms with Gasteiger partial charge >= 0.3 is 6.18 Å². The molecule has 0 atom stereocenters. The fraction of sp³-hybridized carbons (Fsp3) is 0.833. The zero-order chi connectivity index (χ0) is 10.3. The van der Waals surface area contributed by atoms with E-state index in [0.29, 0.717) is 0 Å². The molecule has 0 radical (unpaired) electrons. The molecule has 2 N–H and O–H groups in total. The minimum atomic E-state index is -4.45. The second kappa shape index (κ2) is 5.76. The number of hydrogen-bond acceptors (Lipinski definition) is 3. The van der Waals surface area contributed by atoms with Crippen LogP contribution < -0.4 is 5.48 Å². The van der Waals surface area contributed by atoms with E-state index in [2.05, 4.69) is 4.84 Å². The lowest BCUT2D eigenvalue weighted by molar-refractivity contribution is -0.191. The highest BCUT2D eigenvalue weighted by atomic mass is 19.4. The molecule has 0 aliphatic heterocycles. The van der Waals surface area contributed by atoms with Crippen molar-refractivity contribution in [3.63, 3.8) is 0 Å². The third-order valence-electron chi connectivity index (χ3n) is 0.984. The van der Waals surface area contributed by atoms with Crippen molar-refractivity contribution in [3.05, 3.63) is 0 Å². The smallest absolute Gasteiger partial charge is 0.396 e. The molecule has 0 aromatic rings. The predicted molar refractivity (Wildman–Crippen MR) is 36.5 cm³/mol. The Kier molecular flexibility index (Phi) is 5.40. The number of rotatable bonds is 5. The normalized spacial score (nSPS) is 11.4. The van der Waals surface area contributed by atoms with Gasteiger partial charge in [0.05, 0.1) is 0 Å². The molecular formula is C6H10F3NO3. The molecule has 0 fully saturated rings. The Balaban J connectivity index is 3.37. The molecule has 78 valence electrons. The molecular weight excluding hydrogens is 191 g/mol. The van der Waals surface area contributed by atoms with E-state index in [9.17, 15) is 18.0 Å². The van der Waals surface area contributed by atoms with Crippen LogP contribution in [0.15, 0.2) is 0 Å². The van der Waals surface area contributed by atoms with Crippen LogP contribution in [0.4, 0.5) is 13.2 Å². The fourth-order valence-electron chi connectivity index (χ4n) is 0.489. The van der Waals surface area contributed by atoms with Gasteiger partial charge in [-0.3, -0.25) is 9.63 Å². The number of carbonyl (C=O) groups is 1. The summed E-state index contributed by atoms with van der Waals surface area (Å²) in [5.41, 5.74) is 1.60. The highest BCUT2D eigenvalue weighted by molar-refractivity contribution is 5.74. The van der Waals surface area contributed by atoms with E-state index in [1.165, 1.54) is 0 Å². The first kappa shape index (κ1) is 12.2. The summed E-state index contributed by atoms with van der Waals surface area (Å²) in [6, 6.07) is 0. The van der Waals surface area contributed by atoms with Crippen molar-refractivity contribution in [1.82, 2.24) is 5.48 Å². The van der Waals surface area contributed by atoms with Gasteiger partial charge in [-0.05, 0) is 6.42 Å². The second-order valence-corrected chi connectivity index (χ2v) is 2.26. The third-order valence-corrected chi connectivity index (χ3v) is 0.984. The van der Waals surface area contributed by atoms with Crippen LogP contribution >= 0.6 is 0 Å². The SMILES string of the molecule is O=C(CCCO)NOCC(F)(F)F. The van der Waals surface area contributed by atoms with Crippen molar-refractivity contribution in [2.75, 3.05) is 13.2 Å². The van der Waals surface area contributed by atoms with Gasteiger partial charge in [-0.1, -0.05) is 0 Å². The molecule has 0 rings (SSSR count). The van der Waals surface area contributed by atoms with E-state index in [1.54, 1.807) is 5.48 Å². The van der Waals surface area contributed by atoms with Crippen LogP contribution in [0.25, 0.3) is 0 Å². The Bertz CT molecular complexity index is 160. The number of amides is 1. The van der Waals surface area contributed by atoms with Crippen LogP contribution in [-0.2, 0) is 9.63 Å². The quantitative estimate of drug-likeness (QED) is 0.632. The highest BCUT2D eigenvalue weighted by Crippen LogP contribution is 2.13. The van der Waals surface area contributed by atoms with Crippen molar-refractivity contribution in [1.29, 1.82) is 0 Å². The number of aliphatic hydroxyl groups excluding tert-OH is 1. The summed E-state index contributed by atoms with van der Waals surface area (Å²) in [7, 11) is 0. The van der Waals surface area contributed by atoms with Crippen molar-refractivity contribution in [3.8, 4) is 0 Å². The summed E-state index contributed by atoms with van der Waals surface area (Å²) in [4.78, 5) is 14.4. The Hall–Kier alpha value is -0.820. The number of alkyl halides is 3. The van der Waals surface area contributed by atoms with Crippen LogP contribution in [0.3, 0.4) is 0 Å². The summed E-state index contributed by atoms with van der Waals surface area (Å²) in [6.45, 7) is -1.70. The third kappa shape index (κ3) is 9.09. The van der Waals surface area contributed by atoms with Crippen LogP contribution in [-0.4, -0.2) is 30.4 Å². The van der Waals surface area contributed by atoms with Crippen molar-refractivity contribution in [2.45, 2.75) is 19.0 Å². The average molecular weight is 201 g/mol. The van der Waals surface area contributed by atoms with Gasteiger partial charge < -0.3 is 5.11 Å². The van der Waals surface area contributed by atoms with Gasteiger partial charge in [-0.25, -0.2) is 5.48 Å². The van der Waals surface area contributed by atoms with Crippen molar-refractivity contribution in [2.24, 2.45) is 0 Å². The van der Waals surface area contributed by atoms with Crippen LogP contribution in [0, 0.1) is 0 Å². The Morgan fingerprint density at radius 1 is 1.46 bits per heavy atom. The highest BCUT2D eigenvalue weighted by Gasteiger charge is 2.28. The molecule has 1 amide bonds. The zero-order valence-electron chi connectivity index (χ0n) is 6.73. The molecule has 0 bridgehead atoms. The Labute approximate surface area is 72.6 Å². The van der Waals surface area contributed by atoms with Gasteiger partial charge in [-0.2, -0.15) is 13.2 Å². The molecule has 13 heavy (non-hydrogen) atoms. The van der Waals surface area contributed by atoms with Gasteiger partial charge in [0.1, 0.15) is 0 Å². The van der Waals surface area contributed by atoms with Gasteiger partial charge in [0.25, 0.3) is 0 Å². The molecule has 0 aromatic carbocycles. The molecule has 0 heterocycles. The summed E-state index contributed by atoms with van der Waals surface area (Å²) in [5, 5.41) is 8.27. The molecule has 0 aliphatic carbocycles. The molecule has 0 saturated carbocycles. The number of aliphatic hydroxyl groups is 1. The second-order valence-electron chi connectivity index (χ2n) is 2.26. The number of hydroxylamine groups is 1. The molecule has 0 saturated heterocycles. The average Bonchev–Trinajstić information content (AvgIpc) is 1.98. The summed E-state index contributed by atoms with van der Waals surface area (Å²) in [5.74, 6) is -0.682. The maximum atomic E-state index is 11.4. The topological polar surface area (TPSA) is 58.6 Å². The Morgan fingerprint density at radius 3 is 2.54 bits per heavy atom. The standard InChI is InChI=1S/C6H10F3NO3/c7-6(8,9)4-13-10-5(12)2-1-3-11/h11H,1-4H2,(H,10,12). The summed E-state index contributed by atoms with van der Waals surface area (Å²) < 4.78 is 34.3. The van der Waals surface area contributed by atoms with Gasteiger partial charge in [0.15, 0.2) is 6.61 Å². The van der Waals surface area contributed by atoms with Crippen molar-refractivity contribution >= 4 is 5.91 Å². The van der Waals surface area contributed by atoms with E-state index in [4.69, 9.17) is 5.11 Å². The monoisotopic (exact) mass is 201 g/mol. The minimum absolute atomic E-state index is 0.0612. The first-order chi connectivity index (χ1) is 5.95. The van der Waals surface area contributed by atoms with E-state index in [-0.39, 0.29) is 19.4 Å². The lowest BCUT2D eigenvalue weighted by Gasteiger charge is -2.07. The zero-order valence-corrected chi connectivity index (χ0v) is 6.73. The van der Waals surface area contributed by atoms with E-state index >= 15 is 0 Å². The fourth-order valence-corrected chi connectivity index (χ4v) is 0.489. The van der Waals surface area contributed by atoms with Crippen molar-refractivity contribution < 1.29 is 27.9 Å². The predicted octanol–water partition coefficient (Wildman–Crippen LogP) is 0.369. The lowest BCUT2D eigenvalue weighted by atomic mass is 10.3. The minimum Gasteiger partial charge on any atom is -0.396 e. The van der Waals surface area contributed by atoms with E-state index in [0.717, 1.165) is 0 Å². The van der Waals surface area contributed by atoms with Crippen LogP contribution in [0.5, 0.6) is 0 Å². The lowest BCUT2D eigenvalue weighted by Crippen LogP contribution is -2.29. The maximum absolute atomic E-state index is 11.4.